The average Bonchev–Trinajstić information content (AvgIpc) is 3.24. The molecule has 1 aliphatic rings. The number of benzene rings is 2. The number of hydrogen-bond acceptors (Lipinski definition) is 5. The van der Waals surface area contributed by atoms with Gasteiger partial charge in [0.25, 0.3) is 5.91 Å². The number of thiazole rings is 1. The van der Waals surface area contributed by atoms with Gasteiger partial charge in [0.05, 0.1) is 12.1 Å². The Morgan fingerprint density at radius 1 is 1.21 bits per heavy atom. The molecule has 28 heavy (non-hydrogen) atoms. The van der Waals surface area contributed by atoms with E-state index in [0.717, 1.165) is 33.6 Å². The molecule has 2 amide bonds. The lowest BCUT2D eigenvalue weighted by Gasteiger charge is -2.07. The predicted octanol–water partition coefficient (Wildman–Crippen LogP) is 3.94. The first-order chi connectivity index (χ1) is 13.5. The van der Waals surface area contributed by atoms with Crippen molar-refractivity contribution in [3.8, 4) is 17.0 Å². The van der Waals surface area contributed by atoms with Crippen LogP contribution < -0.4 is 15.4 Å². The average molecular weight is 393 g/mol. The van der Waals surface area contributed by atoms with Gasteiger partial charge in [-0.2, -0.15) is 0 Å². The van der Waals surface area contributed by atoms with Crippen LogP contribution in [0.1, 0.15) is 16.7 Å². The Bertz CT molecular complexity index is 1050. The molecule has 0 saturated heterocycles. The fraction of sp³-hybridized carbons (Fsp3) is 0.190. The molecule has 3 aromatic rings. The van der Waals surface area contributed by atoms with Crippen molar-refractivity contribution in [1.82, 2.24) is 4.98 Å². The van der Waals surface area contributed by atoms with Crippen molar-refractivity contribution in [3.05, 3.63) is 58.5 Å². The smallest absolute Gasteiger partial charge is 0.264 e. The van der Waals surface area contributed by atoms with E-state index in [0.29, 0.717) is 17.3 Å². The van der Waals surface area contributed by atoms with Gasteiger partial charge in [0.2, 0.25) is 5.91 Å². The number of anilines is 2. The Balaban J connectivity index is 1.39. The molecule has 0 fully saturated rings. The lowest BCUT2D eigenvalue weighted by molar-refractivity contribution is -0.118. The molecule has 2 heterocycles. The molecule has 4 rings (SSSR count). The summed E-state index contributed by atoms with van der Waals surface area (Å²) in [5.74, 6) is 0.416. The molecule has 6 nitrogen and oxygen atoms in total. The van der Waals surface area contributed by atoms with Crippen LogP contribution in [0.25, 0.3) is 11.3 Å². The number of amides is 2. The Morgan fingerprint density at radius 3 is 2.79 bits per heavy atom. The van der Waals surface area contributed by atoms with Crippen molar-refractivity contribution in [2.45, 2.75) is 20.3 Å². The molecule has 2 aromatic carbocycles. The predicted molar refractivity (Wildman–Crippen MR) is 110 cm³/mol. The molecular formula is C21H19N3O3S. The number of carbonyl (C=O) groups excluding carboxylic acids is 2. The minimum Gasteiger partial charge on any atom is -0.484 e. The van der Waals surface area contributed by atoms with Gasteiger partial charge in [-0.25, -0.2) is 4.98 Å². The van der Waals surface area contributed by atoms with Crippen LogP contribution in [0.3, 0.4) is 0 Å². The number of nitrogens with one attached hydrogen (secondary N) is 2. The topological polar surface area (TPSA) is 80.3 Å². The van der Waals surface area contributed by atoms with Gasteiger partial charge in [-0.1, -0.05) is 12.1 Å². The van der Waals surface area contributed by atoms with Gasteiger partial charge in [-0.05, 0) is 54.8 Å². The number of rotatable bonds is 5. The van der Waals surface area contributed by atoms with Crippen molar-refractivity contribution in [2.24, 2.45) is 0 Å². The second-order valence-electron chi connectivity index (χ2n) is 6.80. The van der Waals surface area contributed by atoms with Gasteiger partial charge in [-0.15, -0.1) is 11.3 Å². The highest BCUT2D eigenvalue weighted by molar-refractivity contribution is 7.14. The van der Waals surface area contributed by atoms with Crippen LogP contribution >= 0.6 is 11.3 Å². The summed E-state index contributed by atoms with van der Waals surface area (Å²) < 4.78 is 5.58. The number of aromatic nitrogens is 1. The summed E-state index contributed by atoms with van der Waals surface area (Å²) in [5.41, 5.74) is 5.66. The highest BCUT2D eigenvalue weighted by Crippen LogP contribution is 2.30. The number of hydrogen-bond donors (Lipinski definition) is 2. The first-order valence-electron chi connectivity index (χ1n) is 8.86. The van der Waals surface area contributed by atoms with Crippen LogP contribution in [-0.2, 0) is 16.0 Å². The third-order valence-corrected chi connectivity index (χ3v) is 5.10. The van der Waals surface area contributed by atoms with Crippen molar-refractivity contribution in [2.75, 3.05) is 17.2 Å². The van der Waals surface area contributed by atoms with Gasteiger partial charge in [-0.3, -0.25) is 14.9 Å². The molecule has 1 aromatic heterocycles. The Kier molecular flexibility index (Phi) is 4.83. The molecule has 0 saturated carbocycles. The second-order valence-corrected chi connectivity index (χ2v) is 7.65. The number of ether oxygens (including phenoxy) is 1. The van der Waals surface area contributed by atoms with E-state index in [9.17, 15) is 9.59 Å². The molecule has 1 aliphatic heterocycles. The lowest BCUT2D eigenvalue weighted by atomic mass is 10.1. The van der Waals surface area contributed by atoms with Crippen molar-refractivity contribution in [3.63, 3.8) is 0 Å². The summed E-state index contributed by atoms with van der Waals surface area (Å²) in [7, 11) is 0. The normalized spacial score (nSPS) is 12.4. The third kappa shape index (κ3) is 4.04. The molecule has 0 radical (unpaired) electrons. The monoisotopic (exact) mass is 393 g/mol. The molecule has 0 aliphatic carbocycles. The van der Waals surface area contributed by atoms with E-state index in [-0.39, 0.29) is 18.4 Å². The minimum atomic E-state index is -0.260. The molecule has 7 heteroatoms. The molecule has 2 N–H and O–H groups in total. The maximum atomic E-state index is 12.2. The van der Waals surface area contributed by atoms with Crippen LogP contribution in [0.5, 0.6) is 5.75 Å². The largest absolute Gasteiger partial charge is 0.484 e. The van der Waals surface area contributed by atoms with E-state index < -0.39 is 0 Å². The maximum absolute atomic E-state index is 12.2. The number of aryl methyl sites for hydroxylation is 2. The van der Waals surface area contributed by atoms with Crippen LogP contribution in [0.2, 0.25) is 0 Å². The first-order valence-corrected chi connectivity index (χ1v) is 9.74. The number of carbonyl (C=O) groups is 2. The zero-order valence-corrected chi connectivity index (χ0v) is 16.4. The van der Waals surface area contributed by atoms with Gasteiger partial charge in [0, 0.05) is 16.6 Å². The number of fused-ring (bicyclic) bond motifs is 1. The van der Waals surface area contributed by atoms with Crippen molar-refractivity contribution in [1.29, 1.82) is 0 Å². The summed E-state index contributed by atoms with van der Waals surface area (Å²) in [5, 5.41) is 7.98. The summed E-state index contributed by atoms with van der Waals surface area (Å²) in [4.78, 5) is 28.1. The van der Waals surface area contributed by atoms with Crippen LogP contribution in [-0.4, -0.2) is 23.4 Å². The van der Waals surface area contributed by atoms with E-state index in [1.54, 1.807) is 0 Å². The highest BCUT2D eigenvalue weighted by Gasteiger charge is 2.18. The van der Waals surface area contributed by atoms with E-state index in [1.807, 2.05) is 49.6 Å². The Hall–Kier alpha value is -3.19. The number of nitrogens with zero attached hydrogens (tertiary/aromatic N) is 1. The standard InChI is InChI=1S/C21H19N3O3S/c1-12-5-13(2)7-16(6-12)27-10-20(26)24-21-23-18(11-28-21)14-3-4-17-15(8-14)9-19(25)22-17/h3-8,11H,9-10H2,1-2H3,(H,22,25)(H,23,24,26). The van der Waals surface area contributed by atoms with Gasteiger partial charge in [0.1, 0.15) is 5.75 Å². The first kappa shape index (κ1) is 18.2. The zero-order valence-electron chi connectivity index (χ0n) is 15.5. The van der Waals surface area contributed by atoms with Crippen molar-refractivity contribution < 1.29 is 14.3 Å². The van der Waals surface area contributed by atoms with E-state index >= 15 is 0 Å². The molecular weight excluding hydrogens is 374 g/mol. The minimum absolute atomic E-state index is 0.00202. The van der Waals surface area contributed by atoms with Crippen molar-refractivity contribution >= 4 is 34.0 Å². The van der Waals surface area contributed by atoms with Crippen LogP contribution in [0, 0.1) is 13.8 Å². The van der Waals surface area contributed by atoms with Crippen LogP contribution in [0.4, 0.5) is 10.8 Å². The van der Waals surface area contributed by atoms with E-state index in [2.05, 4.69) is 21.7 Å². The maximum Gasteiger partial charge on any atom is 0.264 e. The molecule has 0 atom stereocenters. The fourth-order valence-electron chi connectivity index (χ4n) is 3.17. The SMILES string of the molecule is Cc1cc(C)cc(OCC(=O)Nc2nc(-c3ccc4c(c3)CC(=O)N4)cs2)c1. The van der Waals surface area contributed by atoms with E-state index in [4.69, 9.17) is 4.74 Å². The van der Waals surface area contributed by atoms with E-state index in [1.165, 1.54) is 11.3 Å². The van der Waals surface area contributed by atoms with Gasteiger partial charge >= 0.3 is 0 Å². The highest BCUT2D eigenvalue weighted by atomic mass is 32.1. The fourth-order valence-corrected chi connectivity index (χ4v) is 3.91. The summed E-state index contributed by atoms with van der Waals surface area (Å²) in [6.45, 7) is 3.90. The zero-order chi connectivity index (χ0) is 19.7. The van der Waals surface area contributed by atoms with Gasteiger partial charge in [0.15, 0.2) is 11.7 Å². The summed E-state index contributed by atoms with van der Waals surface area (Å²) >= 11 is 1.35. The molecule has 0 unspecified atom stereocenters. The summed E-state index contributed by atoms with van der Waals surface area (Å²) in [6, 6.07) is 11.6. The van der Waals surface area contributed by atoms with Crippen LogP contribution in [0.15, 0.2) is 41.8 Å². The molecule has 142 valence electrons. The molecule has 0 spiro atoms. The Labute approximate surface area is 166 Å². The van der Waals surface area contributed by atoms with Gasteiger partial charge < -0.3 is 10.1 Å². The quantitative estimate of drug-likeness (QED) is 0.688. The summed E-state index contributed by atoms with van der Waals surface area (Å²) in [6.07, 6.45) is 0.382. The Morgan fingerprint density at radius 2 is 2.00 bits per heavy atom. The third-order valence-electron chi connectivity index (χ3n) is 4.34. The lowest BCUT2D eigenvalue weighted by Crippen LogP contribution is -2.20. The molecule has 0 bridgehead atoms. The second kappa shape index (κ2) is 7.44.